The van der Waals surface area contributed by atoms with Gasteiger partial charge in [0.1, 0.15) is 6.10 Å². The predicted molar refractivity (Wildman–Crippen MR) is 66.4 cm³/mol. The molecule has 1 amide bonds. The van der Waals surface area contributed by atoms with Crippen LogP contribution in [0, 0.1) is 5.92 Å². The molecule has 1 aliphatic heterocycles. The summed E-state index contributed by atoms with van der Waals surface area (Å²) in [5, 5.41) is 13.5. The highest BCUT2D eigenvalue weighted by Crippen LogP contribution is 2.23. The molecule has 1 aromatic rings. The van der Waals surface area contributed by atoms with Gasteiger partial charge in [0.15, 0.2) is 6.04 Å². The number of carbonyl (C=O) groups excluding carboxylic acids is 1. The van der Waals surface area contributed by atoms with E-state index in [4.69, 9.17) is 9.84 Å². The van der Waals surface area contributed by atoms with Gasteiger partial charge in [-0.25, -0.2) is 4.79 Å². The number of hydrogen-bond acceptors (Lipinski definition) is 4. The molecule has 2 rings (SSSR count). The fraction of sp³-hybridized carbons (Fsp3) is 0.500. The van der Waals surface area contributed by atoms with E-state index in [0.29, 0.717) is 11.5 Å². The summed E-state index contributed by atoms with van der Waals surface area (Å²) in [6, 6.07) is 2.47. The number of nitrogens with one attached hydrogen (secondary N) is 1. The van der Waals surface area contributed by atoms with Crippen molar-refractivity contribution in [3.05, 3.63) is 22.4 Å². The van der Waals surface area contributed by atoms with Gasteiger partial charge in [0, 0.05) is 11.5 Å². The quantitative estimate of drug-likeness (QED) is 0.866. The van der Waals surface area contributed by atoms with Crippen molar-refractivity contribution in [2.75, 3.05) is 6.61 Å². The molecule has 0 saturated carbocycles. The van der Waals surface area contributed by atoms with Gasteiger partial charge in [-0.1, -0.05) is 13.0 Å². The first-order chi connectivity index (χ1) is 8.59. The third kappa shape index (κ3) is 2.70. The largest absolute Gasteiger partial charge is 0.479 e. The van der Waals surface area contributed by atoms with E-state index in [-0.39, 0.29) is 11.8 Å². The van der Waals surface area contributed by atoms with Gasteiger partial charge in [0.25, 0.3) is 0 Å². The molecule has 18 heavy (non-hydrogen) atoms. The second-order valence-corrected chi connectivity index (χ2v) is 5.33. The molecular formula is C12H15NO4S. The highest BCUT2D eigenvalue weighted by atomic mass is 32.1. The Morgan fingerprint density at radius 3 is 2.89 bits per heavy atom. The van der Waals surface area contributed by atoms with Crippen LogP contribution in [0.25, 0.3) is 0 Å². The summed E-state index contributed by atoms with van der Waals surface area (Å²) in [5.41, 5.74) is 0. The molecular weight excluding hydrogens is 254 g/mol. The molecule has 1 saturated heterocycles. The number of carboxylic acid groups (broad SMARTS) is 1. The lowest BCUT2D eigenvalue weighted by molar-refractivity contribution is -0.144. The number of thiophene rings is 1. The molecule has 1 aromatic heterocycles. The summed E-state index contributed by atoms with van der Waals surface area (Å²) in [4.78, 5) is 23.8. The van der Waals surface area contributed by atoms with Gasteiger partial charge in [-0.2, -0.15) is 0 Å². The molecule has 5 nitrogen and oxygen atoms in total. The van der Waals surface area contributed by atoms with Crippen LogP contribution in [0.2, 0.25) is 0 Å². The zero-order chi connectivity index (χ0) is 13.1. The minimum atomic E-state index is -1.06. The van der Waals surface area contributed by atoms with E-state index in [0.717, 1.165) is 6.42 Å². The summed E-state index contributed by atoms with van der Waals surface area (Å²) >= 11 is 1.31. The average Bonchev–Trinajstić information content (AvgIpc) is 2.95. The van der Waals surface area contributed by atoms with Crippen molar-refractivity contribution in [3.63, 3.8) is 0 Å². The van der Waals surface area contributed by atoms with Crippen LogP contribution in [0.3, 0.4) is 0 Å². The molecule has 98 valence electrons. The van der Waals surface area contributed by atoms with Crippen molar-refractivity contribution in [2.24, 2.45) is 5.92 Å². The lowest BCUT2D eigenvalue weighted by Crippen LogP contribution is -2.41. The maximum absolute atomic E-state index is 12.0. The van der Waals surface area contributed by atoms with Gasteiger partial charge in [-0.05, 0) is 23.8 Å². The summed E-state index contributed by atoms with van der Waals surface area (Å²) in [6.45, 7) is 2.48. The van der Waals surface area contributed by atoms with Crippen LogP contribution in [-0.2, 0) is 14.3 Å². The molecule has 2 N–H and O–H groups in total. The molecule has 0 radical (unpaired) electrons. The Morgan fingerprint density at radius 1 is 1.61 bits per heavy atom. The molecule has 3 unspecified atom stereocenters. The fourth-order valence-corrected chi connectivity index (χ4v) is 2.73. The number of hydrogen-bond donors (Lipinski definition) is 2. The van der Waals surface area contributed by atoms with Crippen LogP contribution in [0.4, 0.5) is 0 Å². The van der Waals surface area contributed by atoms with Crippen LogP contribution in [0.15, 0.2) is 17.5 Å². The van der Waals surface area contributed by atoms with Gasteiger partial charge >= 0.3 is 5.97 Å². The minimum absolute atomic E-state index is 0.128. The van der Waals surface area contributed by atoms with Crippen molar-refractivity contribution in [2.45, 2.75) is 25.5 Å². The molecule has 1 fully saturated rings. The predicted octanol–water partition coefficient (Wildman–Crippen LogP) is 1.41. The topological polar surface area (TPSA) is 75.6 Å². The Balaban J connectivity index is 2.06. The standard InChI is InChI=1S/C12H15NO4S/c1-7-4-5-17-10(7)11(14)13-9(12(15)16)8-3-2-6-18-8/h2-3,6-7,9-10H,4-5H2,1H3,(H,13,14)(H,15,16). The Kier molecular flexibility index (Phi) is 3.98. The second-order valence-electron chi connectivity index (χ2n) is 4.35. The normalized spacial score (nSPS) is 24.7. The number of carboxylic acids is 1. The summed E-state index contributed by atoms with van der Waals surface area (Å²) in [6.07, 6.45) is 0.293. The second kappa shape index (κ2) is 5.49. The summed E-state index contributed by atoms with van der Waals surface area (Å²) in [7, 11) is 0. The van der Waals surface area contributed by atoms with Crippen LogP contribution in [0.5, 0.6) is 0 Å². The molecule has 1 aliphatic rings. The lowest BCUT2D eigenvalue weighted by Gasteiger charge is -2.18. The summed E-state index contributed by atoms with van der Waals surface area (Å²) < 4.78 is 5.32. The van der Waals surface area contributed by atoms with Gasteiger partial charge in [0.2, 0.25) is 5.91 Å². The maximum Gasteiger partial charge on any atom is 0.331 e. The van der Waals surface area contributed by atoms with E-state index in [1.165, 1.54) is 11.3 Å². The van der Waals surface area contributed by atoms with Crippen molar-refractivity contribution >= 4 is 23.2 Å². The molecule has 0 bridgehead atoms. The lowest BCUT2D eigenvalue weighted by atomic mass is 10.0. The van der Waals surface area contributed by atoms with Crippen LogP contribution in [-0.4, -0.2) is 29.7 Å². The smallest absolute Gasteiger partial charge is 0.331 e. The molecule has 0 aromatic carbocycles. The van der Waals surface area contributed by atoms with Gasteiger partial charge in [0.05, 0.1) is 0 Å². The maximum atomic E-state index is 12.0. The Hall–Kier alpha value is -1.40. The molecule has 6 heteroatoms. The van der Waals surface area contributed by atoms with E-state index < -0.39 is 18.1 Å². The van der Waals surface area contributed by atoms with Gasteiger partial charge in [-0.3, -0.25) is 4.79 Å². The van der Waals surface area contributed by atoms with E-state index in [1.807, 2.05) is 6.92 Å². The average molecular weight is 269 g/mol. The summed E-state index contributed by atoms with van der Waals surface area (Å²) in [5.74, 6) is -1.28. The van der Waals surface area contributed by atoms with Crippen LogP contribution >= 0.6 is 11.3 Å². The fourth-order valence-electron chi connectivity index (χ4n) is 1.97. The Labute approximate surface area is 109 Å². The van der Waals surface area contributed by atoms with Crippen molar-refractivity contribution in [3.8, 4) is 0 Å². The Bertz CT molecular complexity index is 431. The van der Waals surface area contributed by atoms with Crippen LogP contribution in [0.1, 0.15) is 24.3 Å². The van der Waals surface area contributed by atoms with Crippen molar-refractivity contribution < 1.29 is 19.4 Å². The zero-order valence-electron chi connectivity index (χ0n) is 9.96. The van der Waals surface area contributed by atoms with Gasteiger partial charge < -0.3 is 15.2 Å². The Morgan fingerprint density at radius 2 is 2.39 bits per heavy atom. The first-order valence-corrected chi connectivity index (χ1v) is 6.65. The molecule has 0 aliphatic carbocycles. The van der Waals surface area contributed by atoms with E-state index in [9.17, 15) is 9.59 Å². The zero-order valence-corrected chi connectivity index (χ0v) is 10.8. The number of carbonyl (C=O) groups is 2. The minimum Gasteiger partial charge on any atom is -0.479 e. The molecule has 2 heterocycles. The first kappa shape index (κ1) is 13.0. The molecule has 0 spiro atoms. The third-order valence-corrected chi connectivity index (χ3v) is 3.94. The van der Waals surface area contributed by atoms with E-state index in [2.05, 4.69) is 5.32 Å². The van der Waals surface area contributed by atoms with Crippen LogP contribution < -0.4 is 5.32 Å². The number of amides is 1. The monoisotopic (exact) mass is 269 g/mol. The van der Waals surface area contributed by atoms with E-state index in [1.54, 1.807) is 17.5 Å². The third-order valence-electron chi connectivity index (χ3n) is 3.01. The highest BCUT2D eigenvalue weighted by molar-refractivity contribution is 7.10. The van der Waals surface area contributed by atoms with Crippen molar-refractivity contribution in [1.82, 2.24) is 5.32 Å². The van der Waals surface area contributed by atoms with Crippen molar-refractivity contribution in [1.29, 1.82) is 0 Å². The SMILES string of the molecule is CC1CCOC1C(=O)NC(C(=O)O)c1cccs1. The highest BCUT2D eigenvalue weighted by Gasteiger charge is 2.34. The molecule has 3 atom stereocenters. The first-order valence-electron chi connectivity index (χ1n) is 5.78. The number of aliphatic carboxylic acids is 1. The number of ether oxygens (including phenoxy) is 1. The van der Waals surface area contributed by atoms with E-state index >= 15 is 0 Å². The van der Waals surface area contributed by atoms with Gasteiger partial charge in [-0.15, -0.1) is 11.3 Å². The number of rotatable bonds is 4.